The van der Waals surface area contributed by atoms with E-state index in [0.717, 1.165) is 11.1 Å². The quantitative estimate of drug-likeness (QED) is 0.327. The molecule has 10 heteroatoms. The third kappa shape index (κ3) is 4.46. The Morgan fingerprint density at radius 2 is 1.79 bits per heavy atom. The topological polar surface area (TPSA) is 103 Å². The highest BCUT2D eigenvalue weighted by molar-refractivity contribution is 7.98. The molecule has 0 aliphatic carbocycles. The van der Waals surface area contributed by atoms with Crippen LogP contribution in [0, 0.1) is 6.92 Å². The van der Waals surface area contributed by atoms with Gasteiger partial charge in [-0.3, -0.25) is 4.57 Å². The Morgan fingerprint density at radius 1 is 0.970 bits per heavy atom. The number of thioether (sulfide) groups is 1. The van der Waals surface area contributed by atoms with Crippen molar-refractivity contribution in [1.29, 1.82) is 0 Å². The van der Waals surface area contributed by atoms with Gasteiger partial charge in [0.1, 0.15) is 0 Å². The highest BCUT2D eigenvalue weighted by atomic mass is 35.5. The van der Waals surface area contributed by atoms with E-state index in [0.29, 0.717) is 44.8 Å². The highest BCUT2D eigenvalue weighted by Gasteiger charge is 2.19. The Kier molecular flexibility index (Phi) is 5.80. The zero-order valence-corrected chi connectivity index (χ0v) is 19.0. The molecule has 0 saturated carbocycles. The van der Waals surface area contributed by atoms with Crippen molar-refractivity contribution < 1.29 is 9.52 Å². The van der Waals surface area contributed by atoms with Crippen molar-refractivity contribution in [2.75, 3.05) is 0 Å². The fraction of sp³-hybridized carbons (Fsp3) is 0.0870. The lowest BCUT2D eigenvalue weighted by Crippen LogP contribution is -2.01. The summed E-state index contributed by atoms with van der Waals surface area (Å²) in [4.78, 5) is 3.84. The number of para-hydroxylation sites is 1. The SMILES string of the molecule is Cc1ccc(-c2nnc(CSc3nnc(-c4ccnc(O)c4)n3-c3ccccc3Cl)o2)cc1. The maximum Gasteiger partial charge on any atom is 0.247 e. The molecule has 5 rings (SSSR count). The van der Waals surface area contributed by atoms with Crippen LogP contribution in [0.4, 0.5) is 0 Å². The van der Waals surface area contributed by atoms with Crippen LogP contribution in [0.3, 0.4) is 0 Å². The third-order valence-corrected chi connectivity index (χ3v) is 6.05. The van der Waals surface area contributed by atoms with Crippen molar-refractivity contribution in [3.05, 3.63) is 83.3 Å². The lowest BCUT2D eigenvalue weighted by atomic mass is 10.1. The van der Waals surface area contributed by atoms with Gasteiger partial charge in [-0.1, -0.05) is 53.2 Å². The van der Waals surface area contributed by atoms with E-state index in [2.05, 4.69) is 25.4 Å². The van der Waals surface area contributed by atoms with E-state index in [1.165, 1.54) is 24.0 Å². The Balaban J connectivity index is 1.46. The first-order valence-electron chi connectivity index (χ1n) is 9.96. The van der Waals surface area contributed by atoms with Crippen LogP contribution in [0.25, 0.3) is 28.5 Å². The molecule has 5 aromatic rings. The van der Waals surface area contributed by atoms with E-state index in [1.807, 2.05) is 54.0 Å². The molecule has 0 spiro atoms. The van der Waals surface area contributed by atoms with Gasteiger partial charge in [0.2, 0.25) is 17.7 Å². The fourth-order valence-corrected chi connectivity index (χ4v) is 4.21. The molecule has 0 atom stereocenters. The van der Waals surface area contributed by atoms with Crippen LogP contribution in [0.15, 0.2) is 76.4 Å². The Hall–Kier alpha value is -3.69. The molecule has 164 valence electrons. The van der Waals surface area contributed by atoms with E-state index < -0.39 is 0 Å². The van der Waals surface area contributed by atoms with Gasteiger partial charge in [-0.2, -0.15) is 0 Å². The molecule has 3 heterocycles. The van der Waals surface area contributed by atoms with Crippen LogP contribution in [0.1, 0.15) is 11.5 Å². The molecule has 0 radical (unpaired) electrons. The van der Waals surface area contributed by atoms with Crippen molar-refractivity contribution >= 4 is 23.4 Å². The summed E-state index contributed by atoms with van der Waals surface area (Å²) in [5, 5.41) is 28.0. The van der Waals surface area contributed by atoms with Gasteiger partial charge in [0.15, 0.2) is 11.0 Å². The van der Waals surface area contributed by atoms with E-state index in [1.54, 1.807) is 12.1 Å². The number of hydrogen-bond donors (Lipinski definition) is 1. The van der Waals surface area contributed by atoms with Crippen LogP contribution in [0.2, 0.25) is 5.02 Å². The number of nitrogens with zero attached hydrogens (tertiary/aromatic N) is 6. The van der Waals surface area contributed by atoms with Gasteiger partial charge in [0.05, 0.1) is 16.5 Å². The number of hydrogen-bond acceptors (Lipinski definition) is 8. The van der Waals surface area contributed by atoms with Crippen molar-refractivity contribution in [2.24, 2.45) is 0 Å². The number of halogens is 1. The zero-order valence-electron chi connectivity index (χ0n) is 17.4. The average molecular weight is 477 g/mol. The highest BCUT2D eigenvalue weighted by Crippen LogP contribution is 2.33. The zero-order chi connectivity index (χ0) is 22.8. The molecule has 0 unspecified atom stereocenters. The predicted molar refractivity (Wildman–Crippen MR) is 125 cm³/mol. The second-order valence-electron chi connectivity index (χ2n) is 7.15. The molecule has 0 aliphatic rings. The molecule has 0 saturated heterocycles. The number of rotatable bonds is 6. The molecule has 1 N–H and O–H groups in total. The number of aromatic hydroxyl groups is 1. The van der Waals surface area contributed by atoms with Gasteiger partial charge in [0, 0.05) is 23.4 Å². The van der Waals surface area contributed by atoms with Crippen LogP contribution in [0.5, 0.6) is 5.88 Å². The maximum atomic E-state index is 9.83. The predicted octanol–water partition coefficient (Wildman–Crippen LogP) is 5.34. The average Bonchev–Trinajstić information content (AvgIpc) is 3.46. The van der Waals surface area contributed by atoms with Crippen LogP contribution in [-0.4, -0.2) is 35.1 Å². The van der Waals surface area contributed by atoms with E-state index in [9.17, 15) is 5.11 Å². The van der Waals surface area contributed by atoms with Crippen LogP contribution in [-0.2, 0) is 5.75 Å². The summed E-state index contributed by atoms with van der Waals surface area (Å²) in [6.45, 7) is 2.02. The first-order chi connectivity index (χ1) is 16.1. The minimum absolute atomic E-state index is 0.107. The van der Waals surface area contributed by atoms with Gasteiger partial charge in [-0.25, -0.2) is 4.98 Å². The standard InChI is InChI=1S/C23H17ClN6O2S/c1-14-6-8-15(9-7-14)22-28-26-20(32-22)13-33-23-29-27-21(16-10-11-25-19(31)12-16)30(23)18-5-3-2-4-17(18)24/h2-12H,13H2,1H3,(H,25,31). The second kappa shape index (κ2) is 9.05. The van der Waals surface area contributed by atoms with Gasteiger partial charge < -0.3 is 9.52 Å². The van der Waals surface area contributed by atoms with Crippen LogP contribution >= 0.6 is 23.4 Å². The Bertz CT molecular complexity index is 1420. The van der Waals surface area contributed by atoms with Crippen molar-refractivity contribution in [3.63, 3.8) is 0 Å². The molecule has 0 fully saturated rings. The summed E-state index contributed by atoms with van der Waals surface area (Å²) in [7, 11) is 0. The number of aromatic nitrogens is 6. The maximum absolute atomic E-state index is 9.83. The lowest BCUT2D eigenvalue weighted by Gasteiger charge is -2.11. The van der Waals surface area contributed by atoms with E-state index in [-0.39, 0.29) is 5.88 Å². The largest absolute Gasteiger partial charge is 0.493 e. The molecule has 3 aromatic heterocycles. The van der Waals surface area contributed by atoms with Gasteiger partial charge in [0.25, 0.3) is 0 Å². The molecule has 0 bridgehead atoms. The van der Waals surface area contributed by atoms with Gasteiger partial charge in [-0.15, -0.1) is 20.4 Å². The normalized spacial score (nSPS) is 11.1. The fourth-order valence-electron chi connectivity index (χ4n) is 3.21. The number of benzene rings is 2. The number of pyridine rings is 1. The molecule has 2 aromatic carbocycles. The monoisotopic (exact) mass is 476 g/mol. The first-order valence-corrected chi connectivity index (χ1v) is 11.3. The molecule has 33 heavy (non-hydrogen) atoms. The van der Waals surface area contributed by atoms with Gasteiger partial charge in [-0.05, 0) is 37.3 Å². The molecular weight excluding hydrogens is 460 g/mol. The molecular formula is C23H17ClN6O2S. The van der Waals surface area contributed by atoms with Crippen LogP contribution < -0.4 is 0 Å². The third-order valence-electron chi connectivity index (χ3n) is 4.82. The summed E-state index contributed by atoms with van der Waals surface area (Å²) in [5.74, 6) is 1.74. The summed E-state index contributed by atoms with van der Waals surface area (Å²) in [5.41, 5.74) is 3.39. The van der Waals surface area contributed by atoms with Crippen molar-refractivity contribution in [2.45, 2.75) is 17.8 Å². The summed E-state index contributed by atoms with van der Waals surface area (Å²) < 4.78 is 7.67. The first kappa shape index (κ1) is 21.2. The minimum atomic E-state index is -0.107. The second-order valence-corrected chi connectivity index (χ2v) is 8.50. The Labute approximate surface area is 198 Å². The number of aryl methyl sites for hydroxylation is 1. The molecule has 0 aliphatic heterocycles. The summed E-state index contributed by atoms with van der Waals surface area (Å²) in [6.07, 6.45) is 1.51. The van der Waals surface area contributed by atoms with E-state index in [4.69, 9.17) is 16.0 Å². The molecule has 0 amide bonds. The van der Waals surface area contributed by atoms with E-state index >= 15 is 0 Å². The Morgan fingerprint density at radius 3 is 2.58 bits per heavy atom. The van der Waals surface area contributed by atoms with Gasteiger partial charge >= 0.3 is 0 Å². The molecule has 8 nitrogen and oxygen atoms in total. The van der Waals surface area contributed by atoms with Crippen molar-refractivity contribution in [3.8, 4) is 34.4 Å². The summed E-state index contributed by atoms with van der Waals surface area (Å²) in [6, 6.07) is 18.6. The van der Waals surface area contributed by atoms with Crippen molar-refractivity contribution in [1.82, 2.24) is 29.9 Å². The minimum Gasteiger partial charge on any atom is -0.493 e. The lowest BCUT2D eigenvalue weighted by molar-refractivity contribution is 0.453. The summed E-state index contributed by atoms with van der Waals surface area (Å²) >= 11 is 7.88. The smallest absolute Gasteiger partial charge is 0.247 e.